The Kier molecular flexibility index (Phi) is 1.45. The molecule has 0 unspecified atom stereocenters. The lowest BCUT2D eigenvalue weighted by Crippen LogP contribution is -2.08. The highest BCUT2D eigenvalue weighted by Gasteiger charge is 2.00. The van der Waals surface area contributed by atoms with Gasteiger partial charge in [-0.1, -0.05) is 0 Å². The standard InChI is InChI=1S/C5H4BrN3/c6-4-1-2-9(8)5(4)3-7/h1-2H,8H2. The van der Waals surface area contributed by atoms with Crippen molar-refractivity contribution >= 4 is 15.9 Å². The molecule has 1 aromatic rings. The van der Waals surface area contributed by atoms with Crippen molar-refractivity contribution in [3.05, 3.63) is 22.4 Å². The molecule has 0 aliphatic rings. The lowest BCUT2D eigenvalue weighted by atomic mass is 10.5. The van der Waals surface area contributed by atoms with Gasteiger partial charge in [-0.15, -0.1) is 0 Å². The van der Waals surface area contributed by atoms with Gasteiger partial charge in [-0.2, -0.15) is 5.26 Å². The van der Waals surface area contributed by atoms with Crippen LogP contribution in [-0.4, -0.2) is 4.68 Å². The SMILES string of the molecule is N#Cc1c(Br)ccn1N. The van der Waals surface area contributed by atoms with E-state index in [4.69, 9.17) is 11.1 Å². The van der Waals surface area contributed by atoms with E-state index in [0.717, 1.165) is 4.47 Å². The van der Waals surface area contributed by atoms with Crippen molar-refractivity contribution in [2.24, 2.45) is 0 Å². The first-order valence-corrected chi connectivity index (χ1v) is 3.07. The predicted octanol–water partition coefficient (Wildman–Crippen LogP) is 0.836. The normalized spacial score (nSPS) is 8.89. The highest BCUT2D eigenvalue weighted by Crippen LogP contribution is 2.13. The third-order valence-electron chi connectivity index (χ3n) is 0.972. The first-order chi connectivity index (χ1) is 4.25. The summed E-state index contributed by atoms with van der Waals surface area (Å²) in [4.78, 5) is 0. The van der Waals surface area contributed by atoms with Crippen LogP contribution < -0.4 is 5.84 Å². The second-order valence-electron chi connectivity index (χ2n) is 1.53. The molecule has 0 aliphatic heterocycles. The monoisotopic (exact) mass is 185 g/mol. The molecule has 0 spiro atoms. The maximum Gasteiger partial charge on any atom is 0.153 e. The Labute approximate surface area is 60.8 Å². The average Bonchev–Trinajstić information content (AvgIpc) is 2.12. The van der Waals surface area contributed by atoms with Crippen LogP contribution in [0.3, 0.4) is 0 Å². The van der Waals surface area contributed by atoms with Gasteiger partial charge >= 0.3 is 0 Å². The van der Waals surface area contributed by atoms with Crippen molar-refractivity contribution in [3.8, 4) is 6.07 Å². The Bertz CT molecular complexity index is 238. The number of hydrogen-bond acceptors (Lipinski definition) is 2. The van der Waals surface area contributed by atoms with Crippen molar-refractivity contribution in [3.63, 3.8) is 0 Å². The average molecular weight is 186 g/mol. The number of rotatable bonds is 0. The fourth-order valence-corrected chi connectivity index (χ4v) is 0.945. The Morgan fingerprint density at radius 2 is 2.44 bits per heavy atom. The third kappa shape index (κ3) is 0.911. The summed E-state index contributed by atoms with van der Waals surface area (Å²) in [5.74, 6) is 5.32. The van der Waals surface area contributed by atoms with Crippen LogP contribution in [0.2, 0.25) is 0 Å². The van der Waals surface area contributed by atoms with Crippen LogP contribution in [0.25, 0.3) is 0 Å². The molecule has 1 rings (SSSR count). The van der Waals surface area contributed by atoms with E-state index in [1.54, 1.807) is 12.3 Å². The van der Waals surface area contributed by atoms with Gasteiger partial charge in [0.2, 0.25) is 0 Å². The molecule has 9 heavy (non-hydrogen) atoms. The minimum absolute atomic E-state index is 0.440. The zero-order valence-corrected chi connectivity index (χ0v) is 6.09. The minimum Gasteiger partial charge on any atom is -0.338 e. The molecule has 0 atom stereocenters. The van der Waals surface area contributed by atoms with E-state index >= 15 is 0 Å². The minimum atomic E-state index is 0.440. The number of hydrogen-bond donors (Lipinski definition) is 1. The molecule has 0 aliphatic carbocycles. The molecular formula is C5H4BrN3. The van der Waals surface area contributed by atoms with E-state index in [1.807, 2.05) is 6.07 Å². The van der Waals surface area contributed by atoms with Crippen molar-refractivity contribution in [1.82, 2.24) is 4.68 Å². The van der Waals surface area contributed by atoms with Gasteiger partial charge in [0.05, 0.1) is 4.47 Å². The number of nitrogens with zero attached hydrogens (tertiary/aromatic N) is 2. The molecule has 0 radical (unpaired) electrons. The number of nitrogens with two attached hydrogens (primary N) is 1. The molecule has 0 fully saturated rings. The van der Waals surface area contributed by atoms with Gasteiger partial charge in [-0.05, 0) is 22.0 Å². The lowest BCUT2D eigenvalue weighted by molar-refractivity contribution is 0.992. The van der Waals surface area contributed by atoms with E-state index in [-0.39, 0.29) is 0 Å². The van der Waals surface area contributed by atoms with Gasteiger partial charge < -0.3 is 5.84 Å². The van der Waals surface area contributed by atoms with Crippen molar-refractivity contribution in [2.75, 3.05) is 5.84 Å². The van der Waals surface area contributed by atoms with E-state index in [1.165, 1.54) is 4.68 Å². The van der Waals surface area contributed by atoms with Crippen LogP contribution in [0.5, 0.6) is 0 Å². The molecule has 1 aromatic heterocycles. The van der Waals surface area contributed by atoms with Gasteiger partial charge in [0.15, 0.2) is 5.69 Å². The van der Waals surface area contributed by atoms with Crippen molar-refractivity contribution in [2.45, 2.75) is 0 Å². The topological polar surface area (TPSA) is 54.7 Å². The molecule has 2 N–H and O–H groups in total. The molecule has 0 saturated carbocycles. The van der Waals surface area contributed by atoms with Crippen LogP contribution in [-0.2, 0) is 0 Å². The highest BCUT2D eigenvalue weighted by molar-refractivity contribution is 9.10. The molecular weight excluding hydrogens is 182 g/mol. The second-order valence-corrected chi connectivity index (χ2v) is 2.39. The van der Waals surface area contributed by atoms with Gasteiger partial charge in [0, 0.05) is 6.20 Å². The van der Waals surface area contributed by atoms with Gasteiger partial charge in [0.25, 0.3) is 0 Å². The molecule has 0 amide bonds. The highest BCUT2D eigenvalue weighted by atomic mass is 79.9. The van der Waals surface area contributed by atoms with Crippen molar-refractivity contribution < 1.29 is 0 Å². The van der Waals surface area contributed by atoms with Crippen LogP contribution in [0, 0.1) is 11.3 Å². The third-order valence-corrected chi connectivity index (χ3v) is 1.61. The quantitative estimate of drug-likeness (QED) is 0.610. The fraction of sp³-hybridized carbons (Fsp3) is 0. The van der Waals surface area contributed by atoms with E-state index in [0.29, 0.717) is 5.69 Å². The number of aromatic nitrogens is 1. The maximum absolute atomic E-state index is 8.41. The zero-order valence-electron chi connectivity index (χ0n) is 4.50. The first-order valence-electron chi connectivity index (χ1n) is 2.27. The van der Waals surface area contributed by atoms with Crippen LogP contribution in [0.1, 0.15) is 5.69 Å². The van der Waals surface area contributed by atoms with Crippen LogP contribution >= 0.6 is 15.9 Å². The molecule has 3 nitrogen and oxygen atoms in total. The molecule has 1 heterocycles. The first kappa shape index (κ1) is 6.17. The zero-order chi connectivity index (χ0) is 6.85. The predicted molar refractivity (Wildman–Crippen MR) is 37.0 cm³/mol. The molecule has 0 saturated heterocycles. The van der Waals surface area contributed by atoms with Gasteiger partial charge in [0.1, 0.15) is 6.07 Å². The summed E-state index contributed by atoms with van der Waals surface area (Å²) in [6, 6.07) is 3.66. The summed E-state index contributed by atoms with van der Waals surface area (Å²) >= 11 is 3.15. The smallest absolute Gasteiger partial charge is 0.153 e. The van der Waals surface area contributed by atoms with Crippen LogP contribution in [0.4, 0.5) is 0 Å². The Morgan fingerprint density at radius 3 is 2.67 bits per heavy atom. The summed E-state index contributed by atoms with van der Waals surface area (Å²) in [6.45, 7) is 0. The molecule has 4 heteroatoms. The number of nitrogen functional groups attached to an aromatic ring is 1. The van der Waals surface area contributed by atoms with Gasteiger partial charge in [-0.25, -0.2) is 0 Å². The summed E-state index contributed by atoms with van der Waals surface area (Å²) in [5, 5.41) is 8.41. The number of nitriles is 1. The molecule has 0 aromatic carbocycles. The Hall–Kier alpha value is -0.950. The number of halogens is 1. The summed E-state index contributed by atoms with van der Waals surface area (Å²) in [7, 11) is 0. The van der Waals surface area contributed by atoms with Crippen LogP contribution in [0.15, 0.2) is 16.7 Å². The maximum atomic E-state index is 8.41. The fourth-order valence-electron chi connectivity index (χ4n) is 0.534. The summed E-state index contributed by atoms with van der Waals surface area (Å²) in [6.07, 6.45) is 1.61. The molecule has 46 valence electrons. The van der Waals surface area contributed by atoms with Crippen molar-refractivity contribution in [1.29, 1.82) is 5.26 Å². The Morgan fingerprint density at radius 1 is 1.78 bits per heavy atom. The van der Waals surface area contributed by atoms with Gasteiger partial charge in [-0.3, -0.25) is 4.68 Å². The van der Waals surface area contributed by atoms with E-state index < -0.39 is 0 Å². The second kappa shape index (κ2) is 2.11. The largest absolute Gasteiger partial charge is 0.338 e. The van der Waals surface area contributed by atoms with E-state index in [9.17, 15) is 0 Å². The van der Waals surface area contributed by atoms with E-state index in [2.05, 4.69) is 15.9 Å². The molecule has 0 bridgehead atoms. The summed E-state index contributed by atoms with van der Waals surface area (Å²) < 4.78 is 2.00. The Balaban J connectivity index is 3.27. The lowest BCUT2D eigenvalue weighted by Gasteiger charge is -1.90. The summed E-state index contributed by atoms with van der Waals surface area (Å²) in [5.41, 5.74) is 0.440.